The summed E-state index contributed by atoms with van der Waals surface area (Å²) in [6.07, 6.45) is 0. The molecule has 0 aliphatic rings. The predicted octanol–water partition coefficient (Wildman–Crippen LogP) is 7.17. The van der Waals surface area contributed by atoms with Gasteiger partial charge in [0.2, 0.25) is 5.88 Å². The molecular formula is C24H18ClN5O. The van der Waals surface area contributed by atoms with Crippen molar-refractivity contribution in [2.24, 2.45) is 10.2 Å². The molecule has 2 heterocycles. The fourth-order valence-electron chi connectivity index (χ4n) is 3.77. The SMILES string of the molecule is Cc1cc(C)c2[nH]c(O)c(N=Nc3nc(-c4ccccc4)c4cc(Cl)ccc4n3)c2c1. The second-order valence-corrected chi connectivity index (χ2v) is 7.86. The highest BCUT2D eigenvalue weighted by molar-refractivity contribution is 6.31. The van der Waals surface area contributed by atoms with E-state index in [1.54, 1.807) is 6.07 Å². The number of aryl methyl sites for hydroxylation is 2. The number of benzene rings is 3. The maximum absolute atomic E-state index is 10.4. The molecule has 152 valence electrons. The number of aromatic amines is 1. The van der Waals surface area contributed by atoms with Gasteiger partial charge in [0.1, 0.15) is 0 Å². The van der Waals surface area contributed by atoms with Crippen LogP contribution in [0.4, 0.5) is 11.6 Å². The summed E-state index contributed by atoms with van der Waals surface area (Å²) in [5.41, 5.74) is 5.65. The van der Waals surface area contributed by atoms with Crippen molar-refractivity contribution >= 4 is 45.0 Å². The second-order valence-electron chi connectivity index (χ2n) is 7.43. The minimum atomic E-state index is -0.0386. The number of nitrogens with zero attached hydrogens (tertiary/aromatic N) is 4. The van der Waals surface area contributed by atoms with E-state index >= 15 is 0 Å². The van der Waals surface area contributed by atoms with Crippen molar-refractivity contribution in [3.63, 3.8) is 0 Å². The Balaban J connectivity index is 1.67. The zero-order valence-corrected chi connectivity index (χ0v) is 17.6. The van der Waals surface area contributed by atoms with Crippen LogP contribution in [0.3, 0.4) is 0 Å². The molecule has 0 bridgehead atoms. The van der Waals surface area contributed by atoms with Gasteiger partial charge in [-0.2, -0.15) is 0 Å². The highest BCUT2D eigenvalue weighted by atomic mass is 35.5. The van der Waals surface area contributed by atoms with Gasteiger partial charge in [0.05, 0.1) is 16.7 Å². The molecule has 7 heteroatoms. The smallest absolute Gasteiger partial charge is 0.270 e. The lowest BCUT2D eigenvalue weighted by Crippen LogP contribution is -1.90. The molecule has 2 aromatic heterocycles. The third-order valence-corrected chi connectivity index (χ3v) is 5.37. The summed E-state index contributed by atoms with van der Waals surface area (Å²) in [5, 5.41) is 21.2. The number of azo groups is 1. The molecule has 6 nitrogen and oxygen atoms in total. The van der Waals surface area contributed by atoms with Crippen molar-refractivity contribution in [3.8, 4) is 17.1 Å². The number of halogens is 1. The van der Waals surface area contributed by atoms with E-state index in [9.17, 15) is 5.11 Å². The van der Waals surface area contributed by atoms with E-state index in [0.717, 1.165) is 38.7 Å². The lowest BCUT2D eigenvalue weighted by molar-refractivity contribution is 0.459. The summed E-state index contributed by atoms with van der Waals surface area (Å²) in [4.78, 5) is 12.1. The minimum Gasteiger partial charge on any atom is -0.493 e. The Morgan fingerprint density at radius 1 is 0.903 bits per heavy atom. The van der Waals surface area contributed by atoms with E-state index in [4.69, 9.17) is 11.6 Å². The Morgan fingerprint density at radius 2 is 1.71 bits per heavy atom. The highest BCUT2D eigenvalue weighted by Crippen LogP contribution is 2.38. The summed E-state index contributed by atoms with van der Waals surface area (Å²) >= 11 is 6.22. The zero-order valence-electron chi connectivity index (χ0n) is 16.9. The van der Waals surface area contributed by atoms with Crippen molar-refractivity contribution in [3.05, 3.63) is 76.8 Å². The first-order valence-electron chi connectivity index (χ1n) is 9.76. The molecular weight excluding hydrogens is 410 g/mol. The van der Waals surface area contributed by atoms with Gasteiger partial charge in [-0.15, -0.1) is 10.2 Å². The Hall–Kier alpha value is -3.77. The zero-order chi connectivity index (χ0) is 21.5. The van der Waals surface area contributed by atoms with Gasteiger partial charge in [0.25, 0.3) is 5.95 Å². The average molecular weight is 428 g/mol. The molecule has 0 saturated carbocycles. The van der Waals surface area contributed by atoms with Crippen LogP contribution in [0.5, 0.6) is 5.88 Å². The quantitative estimate of drug-likeness (QED) is 0.299. The standard InChI is InChI=1S/C24H18ClN5O/c1-13-10-14(2)20-18(11-13)22(23(31)27-20)29-30-24-26-19-9-8-16(25)12-17(19)21(28-24)15-6-4-3-5-7-15/h3-12,27,31H,1-2H3. The van der Waals surface area contributed by atoms with E-state index in [2.05, 4.69) is 25.2 Å². The Kier molecular flexibility index (Phi) is 4.64. The van der Waals surface area contributed by atoms with Crippen molar-refractivity contribution in [1.29, 1.82) is 0 Å². The van der Waals surface area contributed by atoms with Crippen LogP contribution in [-0.2, 0) is 0 Å². The molecule has 0 atom stereocenters. The average Bonchev–Trinajstić information content (AvgIpc) is 3.08. The number of aromatic nitrogens is 3. The summed E-state index contributed by atoms with van der Waals surface area (Å²) in [6.45, 7) is 3.98. The summed E-state index contributed by atoms with van der Waals surface area (Å²) in [5.74, 6) is 0.162. The van der Waals surface area contributed by atoms with E-state index in [-0.39, 0.29) is 11.8 Å². The maximum Gasteiger partial charge on any atom is 0.270 e. The molecule has 0 aliphatic carbocycles. The molecule has 0 amide bonds. The van der Waals surface area contributed by atoms with Gasteiger partial charge in [-0.05, 0) is 43.7 Å². The molecule has 0 fully saturated rings. The minimum absolute atomic E-state index is 0.0386. The van der Waals surface area contributed by atoms with Crippen LogP contribution < -0.4 is 0 Å². The number of H-pyrrole nitrogens is 1. The second kappa shape index (κ2) is 7.49. The molecule has 2 N–H and O–H groups in total. The van der Waals surface area contributed by atoms with Crippen molar-refractivity contribution in [2.75, 3.05) is 0 Å². The number of aromatic hydroxyl groups is 1. The van der Waals surface area contributed by atoms with E-state index in [1.165, 1.54) is 0 Å². The van der Waals surface area contributed by atoms with E-state index < -0.39 is 0 Å². The topological polar surface area (TPSA) is 86.5 Å². The van der Waals surface area contributed by atoms with Crippen LogP contribution in [0.15, 0.2) is 70.9 Å². The number of hydrogen-bond acceptors (Lipinski definition) is 5. The lowest BCUT2D eigenvalue weighted by atomic mass is 10.1. The number of rotatable bonds is 3. The van der Waals surface area contributed by atoms with Crippen molar-refractivity contribution in [1.82, 2.24) is 15.0 Å². The third-order valence-electron chi connectivity index (χ3n) is 5.14. The molecule has 3 aromatic carbocycles. The fourth-order valence-corrected chi connectivity index (χ4v) is 3.94. The number of fused-ring (bicyclic) bond motifs is 2. The van der Waals surface area contributed by atoms with Crippen LogP contribution in [0.1, 0.15) is 11.1 Å². The van der Waals surface area contributed by atoms with Crippen molar-refractivity contribution < 1.29 is 5.11 Å². The van der Waals surface area contributed by atoms with E-state index in [0.29, 0.717) is 16.2 Å². The van der Waals surface area contributed by atoms with Gasteiger partial charge >= 0.3 is 0 Å². The molecule has 31 heavy (non-hydrogen) atoms. The highest BCUT2D eigenvalue weighted by Gasteiger charge is 2.14. The molecule has 5 rings (SSSR count). The van der Waals surface area contributed by atoms with Crippen LogP contribution in [0.25, 0.3) is 33.1 Å². The van der Waals surface area contributed by atoms with Gasteiger partial charge in [0, 0.05) is 21.4 Å². The van der Waals surface area contributed by atoms with Gasteiger partial charge in [0.15, 0.2) is 5.69 Å². The Bertz CT molecular complexity index is 1470. The fraction of sp³-hybridized carbons (Fsp3) is 0.0833. The van der Waals surface area contributed by atoms with Crippen molar-refractivity contribution in [2.45, 2.75) is 13.8 Å². The van der Waals surface area contributed by atoms with Gasteiger partial charge in [-0.25, -0.2) is 9.97 Å². The number of hydrogen-bond donors (Lipinski definition) is 2. The van der Waals surface area contributed by atoms with Crippen LogP contribution in [-0.4, -0.2) is 20.1 Å². The molecule has 0 radical (unpaired) electrons. The molecule has 0 aliphatic heterocycles. The van der Waals surface area contributed by atoms with Crippen LogP contribution in [0, 0.1) is 13.8 Å². The van der Waals surface area contributed by atoms with Crippen LogP contribution >= 0.6 is 11.6 Å². The number of nitrogens with one attached hydrogen (secondary N) is 1. The van der Waals surface area contributed by atoms with Gasteiger partial charge in [-0.3, -0.25) is 0 Å². The molecule has 0 unspecified atom stereocenters. The summed E-state index contributed by atoms with van der Waals surface area (Å²) < 4.78 is 0. The molecule has 0 saturated heterocycles. The normalized spacial score (nSPS) is 11.7. The first-order valence-corrected chi connectivity index (χ1v) is 10.1. The van der Waals surface area contributed by atoms with Gasteiger partial charge < -0.3 is 10.1 Å². The Morgan fingerprint density at radius 3 is 2.52 bits per heavy atom. The molecule has 5 aromatic rings. The van der Waals surface area contributed by atoms with Gasteiger partial charge in [-0.1, -0.05) is 53.6 Å². The summed E-state index contributed by atoms with van der Waals surface area (Å²) in [7, 11) is 0. The first-order chi connectivity index (χ1) is 15.0. The predicted molar refractivity (Wildman–Crippen MR) is 124 cm³/mol. The largest absolute Gasteiger partial charge is 0.493 e. The first kappa shape index (κ1) is 19.2. The summed E-state index contributed by atoms with van der Waals surface area (Å²) in [6, 6.07) is 19.3. The Labute approximate surface area is 183 Å². The van der Waals surface area contributed by atoms with Crippen LogP contribution in [0.2, 0.25) is 5.02 Å². The maximum atomic E-state index is 10.4. The molecule has 0 spiro atoms. The lowest BCUT2D eigenvalue weighted by Gasteiger charge is -2.07. The van der Waals surface area contributed by atoms with E-state index in [1.807, 2.05) is 68.4 Å². The third kappa shape index (κ3) is 3.51. The monoisotopic (exact) mass is 427 g/mol.